The van der Waals surface area contributed by atoms with Gasteiger partial charge in [-0.1, -0.05) is 6.07 Å². The summed E-state index contributed by atoms with van der Waals surface area (Å²) in [4.78, 5) is 0. The fraction of sp³-hybridized carbons (Fsp3) is 0.400. The van der Waals surface area contributed by atoms with E-state index >= 15 is 0 Å². The molecule has 1 N–H and O–H groups in total. The summed E-state index contributed by atoms with van der Waals surface area (Å²) in [5, 5.41) is 9.46. The normalized spacial score (nSPS) is 15.0. The zero-order chi connectivity index (χ0) is 7.84. The number of rotatable bonds is 0. The minimum atomic E-state index is 0.489. The number of phenolic OH excluding ortho intramolecular Hbond substituents is 1. The van der Waals surface area contributed by atoms with Crippen molar-refractivity contribution in [2.45, 2.75) is 26.2 Å². The number of phenols is 1. The molecule has 0 aliphatic heterocycles. The summed E-state index contributed by atoms with van der Waals surface area (Å²) < 4.78 is 0. The Morgan fingerprint density at radius 1 is 1.18 bits per heavy atom. The van der Waals surface area contributed by atoms with E-state index in [9.17, 15) is 5.11 Å². The highest BCUT2D eigenvalue weighted by atomic mass is 16.3. The second-order valence-electron chi connectivity index (χ2n) is 3.21. The van der Waals surface area contributed by atoms with Crippen molar-refractivity contribution in [1.82, 2.24) is 0 Å². The lowest BCUT2D eigenvalue weighted by molar-refractivity contribution is 0.469. The maximum Gasteiger partial charge on any atom is 0.119 e. The molecule has 1 nitrogen and oxygen atoms in total. The second-order valence-corrected chi connectivity index (χ2v) is 3.21. The molecule has 0 amide bonds. The van der Waals surface area contributed by atoms with Crippen molar-refractivity contribution >= 4 is 0 Å². The van der Waals surface area contributed by atoms with Crippen LogP contribution in [0.2, 0.25) is 0 Å². The first kappa shape index (κ1) is 6.71. The summed E-state index contributed by atoms with van der Waals surface area (Å²) >= 11 is 0. The first-order chi connectivity index (χ1) is 5.29. The fourth-order valence-electron chi connectivity index (χ4n) is 1.87. The highest BCUT2D eigenvalue weighted by molar-refractivity contribution is 5.46. The second kappa shape index (κ2) is 2.26. The summed E-state index contributed by atoms with van der Waals surface area (Å²) in [6.45, 7) is 2.11. The van der Waals surface area contributed by atoms with Crippen LogP contribution in [-0.2, 0) is 12.8 Å². The van der Waals surface area contributed by atoms with Gasteiger partial charge in [-0.05, 0) is 48.9 Å². The van der Waals surface area contributed by atoms with Crippen LogP contribution in [0.5, 0.6) is 5.75 Å². The Hall–Kier alpha value is -0.980. The Balaban J connectivity index is 2.64. The van der Waals surface area contributed by atoms with Crippen molar-refractivity contribution in [1.29, 1.82) is 0 Å². The number of hydrogen-bond acceptors (Lipinski definition) is 1. The van der Waals surface area contributed by atoms with Gasteiger partial charge in [0.2, 0.25) is 0 Å². The van der Waals surface area contributed by atoms with Crippen molar-refractivity contribution in [3.05, 3.63) is 28.8 Å². The van der Waals surface area contributed by atoms with Gasteiger partial charge in [0, 0.05) is 0 Å². The molecule has 0 heterocycles. The van der Waals surface area contributed by atoms with E-state index in [2.05, 4.69) is 6.92 Å². The molecule has 58 valence electrons. The molecular weight excluding hydrogens is 136 g/mol. The van der Waals surface area contributed by atoms with Crippen molar-refractivity contribution in [2.24, 2.45) is 0 Å². The van der Waals surface area contributed by atoms with Crippen molar-refractivity contribution in [3.63, 3.8) is 0 Å². The van der Waals surface area contributed by atoms with E-state index in [4.69, 9.17) is 0 Å². The van der Waals surface area contributed by atoms with Crippen LogP contribution in [0, 0.1) is 6.92 Å². The van der Waals surface area contributed by atoms with Crippen molar-refractivity contribution in [2.75, 3.05) is 0 Å². The summed E-state index contributed by atoms with van der Waals surface area (Å²) in [7, 11) is 0. The predicted molar refractivity (Wildman–Crippen MR) is 44.9 cm³/mol. The molecule has 0 saturated carbocycles. The number of benzene rings is 1. The van der Waals surface area contributed by atoms with Crippen LogP contribution in [0.1, 0.15) is 23.1 Å². The predicted octanol–water partition coefficient (Wildman–Crippen LogP) is 2.19. The topological polar surface area (TPSA) is 20.2 Å². The lowest BCUT2D eigenvalue weighted by Gasteiger charge is -2.04. The summed E-state index contributed by atoms with van der Waals surface area (Å²) in [5.74, 6) is 0.489. The zero-order valence-corrected chi connectivity index (χ0v) is 6.72. The molecular formula is C10H12O. The Bertz CT molecular complexity index is 260. The van der Waals surface area contributed by atoms with Crippen LogP contribution >= 0.6 is 0 Å². The van der Waals surface area contributed by atoms with Crippen molar-refractivity contribution in [3.8, 4) is 5.75 Å². The van der Waals surface area contributed by atoms with Crippen LogP contribution in [0.15, 0.2) is 12.1 Å². The largest absolute Gasteiger partial charge is 0.508 e. The van der Waals surface area contributed by atoms with E-state index in [1.807, 2.05) is 6.07 Å². The zero-order valence-electron chi connectivity index (χ0n) is 6.72. The van der Waals surface area contributed by atoms with Gasteiger partial charge in [-0.2, -0.15) is 0 Å². The third kappa shape index (κ3) is 0.917. The average molecular weight is 148 g/mol. The standard InChI is InChI=1S/C10H12O/c1-7-5-6-10(11)9-4-2-3-8(7)9/h5-6,11H,2-4H2,1H3. The summed E-state index contributed by atoms with van der Waals surface area (Å²) in [6, 6.07) is 3.80. The third-order valence-corrected chi connectivity index (χ3v) is 2.49. The Morgan fingerprint density at radius 3 is 2.64 bits per heavy atom. The fourth-order valence-corrected chi connectivity index (χ4v) is 1.87. The third-order valence-electron chi connectivity index (χ3n) is 2.49. The van der Waals surface area contributed by atoms with Gasteiger partial charge in [-0.3, -0.25) is 0 Å². The SMILES string of the molecule is Cc1ccc(O)c2c1CCC2. The molecule has 0 atom stereocenters. The molecule has 0 fully saturated rings. The highest BCUT2D eigenvalue weighted by Crippen LogP contribution is 2.31. The van der Waals surface area contributed by atoms with Gasteiger partial charge < -0.3 is 5.11 Å². The number of fused-ring (bicyclic) bond motifs is 1. The average Bonchev–Trinajstić information content (AvgIpc) is 2.45. The summed E-state index contributed by atoms with van der Waals surface area (Å²) in [6.07, 6.45) is 3.41. The van der Waals surface area contributed by atoms with Crippen molar-refractivity contribution < 1.29 is 5.11 Å². The molecule has 2 rings (SSSR count). The van der Waals surface area contributed by atoms with Gasteiger partial charge in [0.15, 0.2) is 0 Å². The van der Waals surface area contributed by atoms with E-state index in [0.717, 1.165) is 12.8 Å². The van der Waals surface area contributed by atoms with Crippen LogP contribution in [-0.4, -0.2) is 5.11 Å². The van der Waals surface area contributed by atoms with Gasteiger partial charge in [0.25, 0.3) is 0 Å². The molecule has 1 aromatic carbocycles. The molecule has 0 unspecified atom stereocenters. The van der Waals surface area contributed by atoms with Gasteiger partial charge in [0.05, 0.1) is 0 Å². The lowest BCUT2D eigenvalue weighted by atomic mass is 10.0. The van der Waals surface area contributed by atoms with Crippen LogP contribution in [0.3, 0.4) is 0 Å². The Kier molecular flexibility index (Phi) is 1.38. The Labute approximate surface area is 66.7 Å². The molecule has 0 bridgehead atoms. The monoisotopic (exact) mass is 148 g/mol. The first-order valence-corrected chi connectivity index (χ1v) is 4.09. The molecule has 0 spiro atoms. The Morgan fingerprint density at radius 2 is 1.91 bits per heavy atom. The number of aryl methyl sites for hydroxylation is 1. The quantitative estimate of drug-likeness (QED) is 0.598. The van der Waals surface area contributed by atoms with Gasteiger partial charge in [-0.25, -0.2) is 0 Å². The molecule has 0 saturated heterocycles. The molecule has 0 aromatic heterocycles. The molecule has 1 aliphatic rings. The van der Waals surface area contributed by atoms with E-state index in [1.165, 1.54) is 23.1 Å². The molecule has 1 aliphatic carbocycles. The molecule has 0 radical (unpaired) electrons. The number of aromatic hydroxyl groups is 1. The summed E-state index contributed by atoms with van der Waals surface area (Å²) in [5.41, 5.74) is 3.89. The number of hydrogen-bond donors (Lipinski definition) is 1. The first-order valence-electron chi connectivity index (χ1n) is 4.09. The van der Waals surface area contributed by atoms with Crippen LogP contribution < -0.4 is 0 Å². The van der Waals surface area contributed by atoms with Crippen LogP contribution in [0.25, 0.3) is 0 Å². The van der Waals surface area contributed by atoms with Gasteiger partial charge in [-0.15, -0.1) is 0 Å². The van der Waals surface area contributed by atoms with E-state index in [-0.39, 0.29) is 0 Å². The van der Waals surface area contributed by atoms with E-state index in [0.29, 0.717) is 5.75 Å². The molecule has 1 heteroatoms. The van der Waals surface area contributed by atoms with Gasteiger partial charge in [0.1, 0.15) is 5.75 Å². The van der Waals surface area contributed by atoms with Crippen LogP contribution in [0.4, 0.5) is 0 Å². The smallest absolute Gasteiger partial charge is 0.119 e. The molecule has 1 aromatic rings. The lowest BCUT2D eigenvalue weighted by Crippen LogP contribution is -1.86. The maximum atomic E-state index is 9.46. The van der Waals surface area contributed by atoms with Gasteiger partial charge >= 0.3 is 0 Å². The maximum absolute atomic E-state index is 9.46. The highest BCUT2D eigenvalue weighted by Gasteiger charge is 2.15. The molecule has 11 heavy (non-hydrogen) atoms. The minimum Gasteiger partial charge on any atom is -0.508 e. The minimum absolute atomic E-state index is 0.489. The van der Waals surface area contributed by atoms with E-state index in [1.54, 1.807) is 6.07 Å². The van der Waals surface area contributed by atoms with E-state index < -0.39 is 0 Å².